The number of thioether (sulfide) groups is 1. The summed E-state index contributed by atoms with van der Waals surface area (Å²) in [5.41, 5.74) is 0. The minimum atomic E-state index is -3.10. The number of hydrogen-bond acceptors (Lipinski definition) is 6. The van der Waals surface area contributed by atoms with Gasteiger partial charge < -0.3 is 4.74 Å². The number of rotatable bonds is 4. The van der Waals surface area contributed by atoms with Crippen LogP contribution in [0.1, 0.15) is 6.92 Å². The summed E-state index contributed by atoms with van der Waals surface area (Å²) in [6.45, 7) is 2.89. The molecule has 0 aromatic heterocycles. The van der Waals surface area contributed by atoms with Crippen molar-refractivity contribution in [2.24, 2.45) is 5.92 Å². The van der Waals surface area contributed by atoms with E-state index < -0.39 is 15.2 Å². The Kier molecular flexibility index (Phi) is 5.27. The zero-order valence-corrected chi connectivity index (χ0v) is 12.0. The molecule has 7 heteroatoms. The Balaban J connectivity index is 2.70. The van der Waals surface area contributed by atoms with Crippen molar-refractivity contribution in [3.63, 3.8) is 0 Å². The molecule has 0 spiro atoms. The van der Waals surface area contributed by atoms with Crippen LogP contribution in [-0.4, -0.2) is 62.6 Å². The highest BCUT2D eigenvalue weighted by atomic mass is 32.2. The summed E-state index contributed by atoms with van der Waals surface area (Å²) in [7, 11) is -1.75. The van der Waals surface area contributed by atoms with Crippen molar-refractivity contribution in [1.29, 1.82) is 0 Å². The van der Waals surface area contributed by atoms with Gasteiger partial charge in [0, 0.05) is 30.9 Å². The van der Waals surface area contributed by atoms with E-state index in [0.717, 1.165) is 5.75 Å². The first-order chi connectivity index (χ1) is 7.86. The molecule has 1 aliphatic heterocycles. The van der Waals surface area contributed by atoms with E-state index in [1.807, 2.05) is 4.90 Å². The van der Waals surface area contributed by atoms with Gasteiger partial charge in [0.15, 0.2) is 9.84 Å². The quantitative estimate of drug-likeness (QED) is 0.687. The van der Waals surface area contributed by atoms with E-state index in [2.05, 4.69) is 4.74 Å². The highest BCUT2D eigenvalue weighted by Gasteiger charge is 2.32. The van der Waals surface area contributed by atoms with Gasteiger partial charge in [0.1, 0.15) is 5.37 Å². The fourth-order valence-corrected chi connectivity index (χ4v) is 4.80. The fraction of sp³-hybridized carbons (Fsp3) is 0.900. The summed E-state index contributed by atoms with van der Waals surface area (Å²) in [6, 6.07) is 0. The van der Waals surface area contributed by atoms with Gasteiger partial charge in [-0.2, -0.15) is 11.8 Å². The normalized spacial score (nSPS) is 24.3. The van der Waals surface area contributed by atoms with Crippen LogP contribution in [0.4, 0.5) is 0 Å². The van der Waals surface area contributed by atoms with Crippen LogP contribution in [0.5, 0.6) is 0 Å². The van der Waals surface area contributed by atoms with Crippen molar-refractivity contribution in [3.8, 4) is 0 Å². The third-order valence-corrected chi connectivity index (χ3v) is 5.48. The van der Waals surface area contributed by atoms with Crippen molar-refractivity contribution in [2.45, 2.75) is 12.3 Å². The first-order valence-corrected chi connectivity index (χ1v) is 8.55. The first kappa shape index (κ1) is 14.8. The molecule has 5 nitrogen and oxygen atoms in total. The molecule has 1 saturated heterocycles. The minimum absolute atomic E-state index is 0.296. The number of carbonyl (C=O) groups excluding carboxylic acids is 1. The Hall–Kier alpha value is -0.270. The number of carbonyl (C=O) groups is 1. The molecule has 0 saturated carbocycles. The van der Waals surface area contributed by atoms with Crippen LogP contribution in [0.3, 0.4) is 0 Å². The average molecular weight is 281 g/mol. The molecule has 0 radical (unpaired) electrons. The summed E-state index contributed by atoms with van der Waals surface area (Å²) in [6.07, 6.45) is 1.25. The lowest BCUT2D eigenvalue weighted by Gasteiger charge is -2.35. The first-order valence-electron chi connectivity index (χ1n) is 5.44. The Morgan fingerprint density at radius 2 is 2.24 bits per heavy atom. The molecule has 0 bridgehead atoms. The monoisotopic (exact) mass is 281 g/mol. The summed E-state index contributed by atoms with van der Waals surface area (Å²) in [5, 5.41) is -0.478. The fourth-order valence-electron chi connectivity index (χ4n) is 1.85. The molecule has 0 amide bonds. The number of ether oxygens (including phenoxy) is 1. The van der Waals surface area contributed by atoms with Crippen molar-refractivity contribution >= 4 is 27.6 Å². The summed E-state index contributed by atoms with van der Waals surface area (Å²) < 4.78 is 27.9. The molecule has 2 atom stereocenters. The van der Waals surface area contributed by atoms with Gasteiger partial charge in [0.2, 0.25) is 0 Å². The molecule has 0 aromatic rings. The van der Waals surface area contributed by atoms with E-state index in [9.17, 15) is 13.2 Å². The van der Waals surface area contributed by atoms with Gasteiger partial charge in [0.25, 0.3) is 0 Å². The average Bonchev–Trinajstić information content (AvgIpc) is 2.27. The maximum atomic E-state index is 11.6. The molecule has 1 aliphatic rings. The molecular formula is C10H19NO4S2. The Labute approximate surface area is 107 Å². The number of methoxy groups -OCH3 is 1. The highest BCUT2D eigenvalue weighted by Crippen LogP contribution is 2.21. The Bertz CT molecular complexity index is 369. The van der Waals surface area contributed by atoms with E-state index in [1.165, 1.54) is 13.4 Å². The number of nitrogens with zero attached hydrogens (tertiary/aromatic N) is 1. The third kappa shape index (κ3) is 4.15. The topological polar surface area (TPSA) is 63.7 Å². The van der Waals surface area contributed by atoms with Crippen molar-refractivity contribution in [3.05, 3.63) is 0 Å². The van der Waals surface area contributed by atoms with Crippen LogP contribution >= 0.6 is 11.8 Å². The van der Waals surface area contributed by atoms with Gasteiger partial charge in [-0.3, -0.25) is 9.69 Å². The number of hydrogen-bond donors (Lipinski definition) is 0. The van der Waals surface area contributed by atoms with Crippen molar-refractivity contribution in [2.75, 3.05) is 38.0 Å². The lowest BCUT2D eigenvalue weighted by molar-refractivity contribution is -0.145. The lowest BCUT2D eigenvalue weighted by atomic mass is 10.1. The minimum Gasteiger partial charge on any atom is -0.469 e. The van der Waals surface area contributed by atoms with E-state index in [0.29, 0.717) is 18.8 Å². The third-order valence-electron chi connectivity index (χ3n) is 2.80. The maximum Gasteiger partial charge on any atom is 0.309 e. The van der Waals surface area contributed by atoms with E-state index in [1.54, 1.807) is 18.7 Å². The van der Waals surface area contributed by atoms with Gasteiger partial charge in [-0.25, -0.2) is 8.42 Å². The van der Waals surface area contributed by atoms with Gasteiger partial charge in [-0.1, -0.05) is 6.92 Å². The molecule has 2 unspecified atom stereocenters. The van der Waals surface area contributed by atoms with Gasteiger partial charge in [-0.05, 0) is 0 Å². The highest BCUT2D eigenvalue weighted by molar-refractivity contribution is 8.00. The molecule has 0 aromatic carbocycles. The number of sulfone groups is 1. The Morgan fingerprint density at radius 3 is 2.76 bits per heavy atom. The predicted molar refractivity (Wildman–Crippen MR) is 68.7 cm³/mol. The largest absolute Gasteiger partial charge is 0.469 e. The second kappa shape index (κ2) is 6.06. The smallest absolute Gasteiger partial charge is 0.309 e. The van der Waals surface area contributed by atoms with Gasteiger partial charge in [-0.15, -0.1) is 0 Å². The molecule has 1 rings (SSSR count). The molecule has 17 heavy (non-hydrogen) atoms. The standard InChI is InChI=1S/C10H19NO4S2/c1-8(10(12)15-2)6-11-4-5-16-7-9(11)17(3,13)14/h8-9H,4-7H2,1-3H3. The summed E-state index contributed by atoms with van der Waals surface area (Å²) in [5.74, 6) is 0.884. The van der Waals surface area contributed by atoms with Gasteiger partial charge >= 0.3 is 5.97 Å². The number of esters is 1. The van der Waals surface area contributed by atoms with Crippen LogP contribution in [-0.2, 0) is 19.4 Å². The van der Waals surface area contributed by atoms with Crippen molar-refractivity contribution in [1.82, 2.24) is 4.90 Å². The molecule has 0 aliphatic carbocycles. The van der Waals surface area contributed by atoms with Gasteiger partial charge in [0.05, 0.1) is 13.0 Å². The maximum absolute atomic E-state index is 11.6. The van der Waals surface area contributed by atoms with E-state index in [-0.39, 0.29) is 11.9 Å². The zero-order valence-electron chi connectivity index (χ0n) is 10.4. The van der Waals surface area contributed by atoms with Crippen LogP contribution < -0.4 is 0 Å². The van der Waals surface area contributed by atoms with Crippen molar-refractivity contribution < 1.29 is 17.9 Å². The molecule has 100 valence electrons. The molecule has 1 heterocycles. The van der Waals surface area contributed by atoms with Crippen LogP contribution in [0.2, 0.25) is 0 Å². The second-order valence-corrected chi connectivity index (χ2v) is 7.63. The SMILES string of the molecule is COC(=O)C(C)CN1CCSCC1S(C)(=O)=O. The molecule has 1 fully saturated rings. The second-order valence-electron chi connectivity index (χ2n) is 4.28. The zero-order chi connectivity index (χ0) is 13.1. The molecule has 0 N–H and O–H groups in total. The summed E-state index contributed by atoms with van der Waals surface area (Å²) in [4.78, 5) is 13.2. The lowest BCUT2D eigenvalue weighted by Crippen LogP contribution is -2.49. The van der Waals surface area contributed by atoms with E-state index >= 15 is 0 Å². The van der Waals surface area contributed by atoms with Crippen LogP contribution in [0.25, 0.3) is 0 Å². The molecular weight excluding hydrogens is 262 g/mol. The predicted octanol–water partition coefficient (Wildman–Crippen LogP) is 0.215. The van der Waals surface area contributed by atoms with E-state index in [4.69, 9.17) is 0 Å². The van der Waals surface area contributed by atoms with Crippen LogP contribution in [0.15, 0.2) is 0 Å². The Morgan fingerprint density at radius 1 is 1.59 bits per heavy atom. The summed E-state index contributed by atoms with van der Waals surface area (Å²) >= 11 is 1.64. The van der Waals surface area contributed by atoms with Crippen LogP contribution in [0, 0.1) is 5.92 Å².